The van der Waals surface area contributed by atoms with E-state index in [9.17, 15) is 10.2 Å². The van der Waals surface area contributed by atoms with Crippen molar-refractivity contribution in [2.24, 2.45) is 11.7 Å². The van der Waals surface area contributed by atoms with Crippen LogP contribution in [-0.2, 0) is 0 Å². The summed E-state index contributed by atoms with van der Waals surface area (Å²) in [6.45, 7) is 4.29. The molecule has 0 aromatic heterocycles. The zero-order valence-electron chi connectivity index (χ0n) is 9.68. The lowest BCUT2D eigenvalue weighted by Crippen LogP contribution is -2.11. The molecule has 3 nitrogen and oxygen atoms in total. The average molecular weight is 246 g/mol. The Bertz CT molecular complexity index is 309. The number of rotatable bonds is 4. The van der Waals surface area contributed by atoms with Gasteiger partial charge in [-0.25, -0.2) is 0 Å². The lowest BCUT2D eigenvalue weighted by atomic mass is 9.98. The molecule has 0 amide bonds. The maximum Gasteiger partial charge on any atom is 0.119 e. The highest BCUT2D eigenvalue weighted by Crippen LogP contribution is 2.26. The molecule has 4 N–H and O–H groups in total. The van der Waals surface area contributed by atoms with Gasteiger partial charge in [-0.3, -0.25) is 0 Å². The second-order valence-electron chi connectivity index (χ2n) is 4.36. The van der Waals surface area contributed by atoms with Crippen molar-refractivity contribution < 1.29 is 10.2 Å². The van der Waals surface area contributed by atoms with E-state index in [2.05, 4.69) is 13.8 Å². The molecule has 0 radical (unpaired) electrons. The van der Waals surface area contributed by atoms with Crippen LogP contribution in [0.1, 0.15) is 38.3 Å². The van der Waals surface area contributed by atoms with E-state index in [0.717, 1.165) is 18.4 Å². The molecule has 0 spiro atoms. The van der Waals surface area contributed by atoms with Gasteiger partial charge < -0.3 is 15.9 Å². The molecule has 1 aromatic rings. The molecule has 92 valence electrons. The van der Waals surface area contributed by atoms with E-state index >= 15 is 0 Å². The first kappa shape index (κ1) is 15.1. The average Bonchev–Trinajstić information content (AvgIpc) is 2.12. The first-order valence-corrected chi connectivity index (χ1v) is 5.27. The summed E-state index contributed by atoms with van der Waals surface area (Å²) in [6, 6.07) is 4.39. The molecular formula is C12H20ClNO2. The molecule has 0 saturated carbocycles. The van der Waals surface area contributed by atoms with Crippen molar-refractivity contribution in [3.63, 3.8) is 0 Å². The largest absolute Gasteiger partial charge is 0.508 e. The van der Waals surface area contributed by atoms with Gasteiger partial charge >= 0.3 is 0 Å². The van der Waals surface area contributed by atoms with Crippen LogP contribution in [0.15, 0.2) is 18.2 Å². The molecule has 1 atom stereocenters. The molecule has 0 aliphatic rings. The molecule has 0 heterocycles. The normalized spacial score (nSPS) is 12.2. The Hall–Kier alpha value is -0.930. The van der Waals surface area contributed by atoms with Crippen LogP contribution in [0.3, 0.4) is 0 Å². The third-order valence-corrected chi connectivity index (χ3v) is 2.41. The zero-order valence-corrected chi connectivity index (χ0v) is 10.5. The van der Waals surface area contributed by atoms with Crippen LogP contribution in [0, 0.1) is 5.92 Å². The minimum atomic E-state index is -0.120. The van der Waals surface area contributed by atoms with Gasteiger partial charge in [0.25, 0.3) is 0 Å². The van der Waals surface area contributed by atoms with Crippen molar-refractivity contribution in [3.05, 3.63) is 23.8 Å². The Kier molecular flexibility index (Phi) is 6.22. The van der Waals surface area contributed by atoms with E-state index in [0.29, 0.717) is 5.92 Å². The summed E-state index contributed by atoms with van der Waals surface area (Å²) in [5.74, 6) is 0.733. The Morgan fingerprint density at radius 3 is 2.00 bits per heavy atom. The fourth-order valence-electron chi connectivity index (χ4n) is 1.51. The lowest BCUT2D eigenvalue weighted by molar-refractivity contribution is 0.445. The van der Waals surface area contributed by atoms with Crippen molar-refractivity contribution in [2.75, 3.05) is 0 Å². The van der Waals surface area contributed by atoms with Crippen molar-refractivity contribution in [2.45, 2.75) is 32.7 Å². The van der Waals surface area contributed by atoms with Crippen LogP contribution in [0.4, 0.5) is 0 Å². The van der Waals surface area contributed by atoms with Crippen LogP contribution >= 0.6 is 12.4 Å². The van der Waals surface area contributed by atoms with E-state index in [1.165, 1.54) is 6.07 Å². The predicted octanol–water partition coefficient (Wildman–Crippen LogP) is 2.96. The molecule has 0 saturated heterocycles. The number of halogens is 1. The molecule has 0 bridgehead atoms. The minimum absolute atomic E-state index is 0. The third kappa shape index (κ3) is 4.73. The molecule has 0 aliphatic heterocycles. The Morgan fingerprint density at radius 1 is 1.06 bits per heavy atom. The maximum absolute atomic E-state index is 9.30. The van der Waals surface area contributed by atoms with E-state index in [1.807, 2.05) is 0 Å². The first-order chi connectivity index (χ1) is 6.99. The van der Waals surface area contributed by atoms with Crippen molar-refractivity contribution in [1.29, 1.82) is 0 Å². The van der Waals surface area contributed by atoms with Gasteiger partial charge in [0.05, 0.1) is 0 Å². The molecule has 16 heavy (non-hydrogen) atoms. The molecule has 4 heteroatoms. The summed E-state index contributed by atoms with van der Waals surface area (Å²) in [5.41, 5.74) is 6.74. The molecule has 0 fully saturated rings. The zero-order chi connectivity index (χ0) is 11.4. The summed E-state index contributed by atoms with van der Waals surface area (Å²) < 4.78 is 0. The summed E-state index contributed by atoms with van der Waals surface area (Å²) in [6.07, 6.45) is 1.90. The van der Waals surface area contributed by atoms with Crippen molar-refractivity contribution in [3.8, 4) is 11.5 Å². The number of hydrogen-bond donors (Lipinski definition) is 3. The Morgan fingerprint density at radius 2 is 1.56 bits per heavy atom. The van der Waals surface area contributed by atoms with Gasteiger partial charge in [-0.2, -0.15) is 0 Å². The summed E-state index contributed by atoms with van der Waals surface area (Å²) in [7, 11) is 0. The Labute approximate surface area is 103 Å². The summed E-state index contributed by atoms with van der Waals surface area (Å²) >= 11 is 0. The molecule has 0 unspecified atom stereocenters. The fourth-order valence-corrected chi connectivity index (χ4v) is 1.51. The topological polar surface area (TPSA) is 66.5 Å². The smallest absolute Gasteiger partial charge is 0.119 e. The SMILES string of the molecule is CC(C)CC[C@H](N)c1cc(O)cc(O)c1.Cl. The van der Waals surface area contributed by atoms with Gasteiger partial charge in [0.1, 0.15) is 11.5 Å². The van der Waals surface area contributed by atoms with Crippen LogP contribution in [0.25, 0.3) is 0 Å². The third-order valence-electron chi connectivity index (χ3n) is 2.41. The highest BCUT2D eigenvalue weighted by Gasteiger charge is 2.09. The fraction of sp³-hybridized carbons (Fsp3) is 0.500. The molecule has 1 rings (SSSR count). The highest BCUT2D eigenvalue weighted by atomic mass is 35.5. The molecule has 1 aromatic carbocycles. The van der Waals surface area contributed by atoms with Gasteiger partial charge in [0, 0.05) is 12.1 Å². The van der Waals surface area contributed by atoms with Gasteiger partial charge in [0.15, 0.2) is 0 Å². The van der Waals surface area contributed by atoms with E-state index in [4.69, 9.17) is 5.73 Å². The van der Waals surface area contributed by atoms with Gasteiger partial charge in [-0.15, -0.1) is 12.4 Å². The van der Waals surface area contributed by atoms with Crippen molar-refractivity contribution in [1.82, 2.24) is 0 Å². The summed E-state index contributed by atoms with van der Waals surface area (Å²) in [5, 5.41) is 18.6. The number of phenols is 2. The number of aromatic hydroxyl groups is 2. The first-order valence-electron chi connectivity index (χ1n) is 5.27. The number of phenolic OH excluding ortho intramolecular Hbond substituents is 2. The number of benzene rings is 1. The van der Waals surface area contributed by atoms with Crippen LogP contribution in [0.5, 0.6) is 11.5 Å². The quantitative estimate of drug-likeness (QED) is 0.764. The maximum atomic E-state index is 9.30. The van der Waals surface area contributed by atoms with Gasteiger partial charge in [-0.05, 0) is 36.5 Å². The van der Waals surface area contributed by atoms with E-state index in [1.54, 1.807) is 12.1 Å². The molecule has 0 aliphatic carbocycles. The minimum Gasteiger partial charge on any atom is -0.508 e. The number of hydrogen-bond acceptors (Lipinski definition) is 3. The van der Waals surface area contributed by atoms with Crippen molar-refractivity contribution >= 4 is 12.4 Å². The monoisotopic (exact) mass is 245 g/mol. The van der Waals surface area contributed by atoms with Crippen LogP contribution in [0.2, 0.25) is 0 Å². The van der Waals surface area contributed by atoms with Gasteiger partial charge in [-0.1, -0.05) is 13.8 Å². The second kappa shape index (κ2) is 6.61. The van der Waals surface area contributed by atoms with Crippen LogP contribution in [-0.4, -0.2) is 10.2 Å². The van der Waals surface area contributed by atoms with E-state index in [-0.39, 0.29) is 29.9 Å². The predicted molar refractivity (Wildman–Crippen MR) is 68.0 cm³/mol. The van der Waals surface area contributed by atoms with E-state index < -0.39 is 0 Å². The summed E-state index contributed by atoms with van der Waals surface area (Å²) in [4.78, 5) is 0. The van der Waals surface area contributed by atoms with Crippen LogP contribution < -0.4 is 5.73 Å². The standard InChI is InChI=1S/C12H19NO2.ClH/c1-8(2)3-4-12(13)9-5-10(14)7-11(15)6-9;/h5-8,12,14-15H,3-4,13H2,1-2H3;1H/t12-;/m0./s1. The van der Waals surface area contributed by atoms with Gasteiger partial charge in [0.2, 0.25) is 0 Å². The lowest BCUT2D eigenvalue weighted by Gasteiger charge is -2.14. The second-order valence-corrected chi connectivity index (χ2v) is 4.36. The highest BCUT2D eigenvalue weighted by molar-refractivity contribution is 5.85. The Balaban J connectivity index is 0.00000225. The molecular weight excluding hydrogens is 226 g/mol. The number of nitrogens with two attached hydrogens (primary N) is 1.